The summed E-state index contributed by atoms with van der Waals surface area (Å²) < 4.78 is 16.1. The summed E-state index contributed by atoms with van der Waals surface area (Å²) in [5, 5.41) is 2.92. The topological polar surface area (TPSA) is 90.0 Å². The van der Waals surface area contributed by atoms with Gasteiger partial charge in [-0.15, -0.1) is 0 Å². The van der Waals surface area contributed by atoms with E-state index in [1.165, 1.54) is 7.11 Å². The fraction of sp³-hybridized carbons (Fsp3) is 0.435. The number of hydrogen-bond donors (Lipinski definition) is 1. The van der Waals surface area contributed by atoms with Crippen LogP contribution in [0.25, 0.3) is 0 Å². The van der Waals surface area contributed by atoms with Gasteiger partial charge in [-0.3, -0.25) is 4.90 Å². The number of carbonyl (C=O) groups is 2. The van der Waals surface area contributed by atoms with Crippen molar-refractivity contribution >= 4 is 17.9 Å². The largest absolute Gasteiger partial charge is 0.481 e. The average Bonchev–Trinajstić information content (AvgIpc) is 2.79. The number of aromatic nitrogens is 1. The maximum atomic E-state index is 12.7. The molecule has 0 saturated heterocycles. The highest BCUT2D eigenvalue weighted by Gasteiger charge is 2.38. The van der Waals surface area contributed by atoms with Crippen LogP contribution in [0, 0.1) is 0 Å². The van der Waals surface area contributed by atoms with Gasteiger partial charge >= 0.3 is 12.2 Å². The summed E-state index contributed by atoms with van der Waals surface area (Å²) in [7, 11) is 1.52. The van der Waals surface area contributed by atoms with E-state index in [0.717, 1.165) is 5.56 Å². The van der Waals surface area contributed by atoms with Crippen LogP contribution in [0.4, 0.5) is 15.3 Å². The van der Waals surface area contributed by atoms with Gasteiger partial charge in [0.1, 0.15) is 6.10 Å². The number of methoxy groups -OCH3 is 1. The molecule has 0 unspecified atom stereocenters. The van der Waals surface area contributed by atoms with Crippen LogP contribution in [-0.2, 0) is 9.47 Å². The molecule has 1 aromatic heterocycles. The standard InChI is InChI=1S/C23H29N3O5/c1-5-17-14-18(24-22(27)31-15(3)16-10-8-7-9-11-16)21-19(12-13-20(25-21)29-4)26(17)23(28)30-6-2/h7-13,15,17-18H,5-6,14H2,1-4H3,(H,24,27)/t15-,17-,18+/m0/s1. The van der Waals surface area contributed by atoms with E-state index in [9.17, 15) is 9.59 Å². The molecule has 1 aromatic carbocycles. The third-order valence-electron chi connectivity index (χ3n) is 5.33. The summed E-state index contributed by atoms with van der Waals surface area (Å²) in [5.74, 6) is 0.398. The van der Waals surface area contributed by atoms with E-state index in [-0.39, 0.29) is 12.6 Å². The highest BCUT2D eigenvalue weighted by molar-refractivity contribution is 5.90. The summed E-state index contributed by atoms with van der Waals surface area (Å²) in [5.41, 5.74) is 2.04. The van der Waals surface area contributed by atoms with Gasteiger partial charge < -0.3 is 19.5 Å². The van der Waals surface area contributed by atoms with Crippen molar-refractivity contribution in [3.05, 3.63) is 53.7 Å². The molecule has 1 aliphatic heterocycles. The fourth-order valence-electron chi connectivity index (χ4n) is 3.75. The lowest BCUT2D eigenvalue weighted by molar-refractivity contribution is 0.102. The second-order valence-electron chi connectivity index (χ2n) is 7.28. The Morgan fingerprint density at radius 1 is 1.19 bits per heavy atom. The first kappa shape index (κ1) is 22.4. The molecule has 31 heavy (non-hydrogen) atoms. The monoisotopic (exact) mass is 427 g/mol. The van der Waals surface area contributed by atoms with E-state index in [1.807, 2.05) is 44.2 Å². The maximum absolute atomic E-state index is 12.7. The molecule has 8 heteroatoms. The van der Waals surface area contributed by atoms with Crippen molar-refractivity contribution in [3.8, 4) is 5.88 Å². The van der Waals surface area contributed by atoms with Crippen LogP contribution in [0.1, 0.15) is 57.0 Å². The highest BCUT2D eigenvalue weighted by atomic mass is 16.6. The quantitative estimate of drug-likeness (QED) is 0.715. The molecule has 1 aliphatic rings. The van der Waals surface area contributed by atoms with Crippen molar-refractivity contribution in [2.45, 2.75) is 51.8 Å². The average molecular weight is 428 g/mol. The Balaban J connectivity index is 1.85. The second kappa shape index (κ2) is 10.1. The van der Waals surface area contributed by atoms with Crippen LogP contribution in [-0.4, -0.2) is 36.9 Å². The van der Waals surface area contributed by atoms with Crippen molar-refractivity contribution in [2.24, 2.45) is 0 Å². The Morgan fingerprint density at radius 3 is 2.58 bits per heavy atom. The van der Waals surface area contributed by atoms with Crippen LogP contribution in [0.2, 0.25) is 0 Å². The molecule has 3 rings (SSSR count). The summed E-state index contributed by atoms with van der Waals surface area (Å²) in [4.78, 5) is 31.5. The zero-order valence-corrected chi connectivity index (χ0v) is 18.3. The molecule has 3 atom stereocenters. The Labute approximate surface area is 182 Å². The summed E-state index contributed by atoms with van der Waals surface area (Å²) >= 11 is 0. The zero-order chi connectivity index (χ0) is 22.4. The van der Waals surface area contributed by atoms with Crippen LogP contribution >= 0.6 is 0 Å². The van der Waals surface area contributed by atoms with Crippen LogP contribution < -0.4 is 15.0 Å². The molecule has 8 nitrogen and oxygen atoms in total. The molecule has 2 heterocycles. The minimum atomic E-state index is -0.545. The number of anilines is 1. The maximum Gasteiger partial charge on any atom is 0.414 e. The number of alkyl carbamates (subject to hydrolysis) is 1. The van der Waals surface area contributed by atoms with Gasteiger partial charge in [-0.2, -0.15) is 0 Å². The van der Waals surface area contributed by atoms with E-state index in [0.29, 0.717) is 30.1 Å². The van der Waals surface area contributed by atoms with Gasteiger partial charge in [-0.05, 0) is 38.3 Å². The van der Waals surface area contributed by atoms with Crippen LogP contribution in [0.15, 0.2) is 42.5 Å². The third-order valence-corrected chi connectivity index (χ3v) is 5.33. The third kappa shape index (κ3) is 5.07. The number of amides is 2. The molecule has 1 N–H and O–H groups in total. The molecule has 2 amide bonds. The number of pyridine rings is 1. The molecular weight excluding hydrogens is 398 g/mol. The van der Waals surface area contributed by atoms with Gasteiger partial charge in [0.15, 0.2) is 0 Å². The van der Waals surface area contributed by atoms with Crippen molar-refractivity contribution in [1.29, 1.82) is 0 Å². The van der Waals surface area contributed by atoms with Gasteiger partial charge in [-0.25, -0.2) is 14.6 Å². The molecule has 0 radical (unpaired) electrons. The normalized spacial score (nSPS) is 18.5. The first-order valence-electron chi connectivity index (χ1n) is 10.5. The molecule has 0 aliphatic carbocycles. The minimum Gasteiger partial charge on any atom is -0.481 e. The lowest BCUT2D eigenvalue weighted by Gasteiger charge is -2.39. The zero-order valence-electron chi connectivity index (χ0n) is 18.3. The van der Waals surface area contributed by atoms with Gasteiger partial charge in [0.2, 0.25) is 5.88 Å². The Morgan fingerprint density at radius 2 is 1.94 bits per heavy atom. The highest BCUT2D eigenvalue weighted by Crippen LogP contribution is 2.38. The Hall–Kier alpha value is -3.29. The van der Waals surface area contributed by atoms with Gasteiger partial charge in [-0.1, -0.05) is 37.3 Å². The Bertz CT molecular complexity index is 905. The van der Waals surface area contributed by atoms with E-state index in [2.05, 4.69) is 10.3 Å². The molecule has 0 saturated carbocycles. The molecule has 2 aromatic rings. The minimum absolute atomic E-state index is 0.154. The van der Waals surface area contributed by atoms with Crippen molar-refractivity contribution in [3.63, 3.8) is 0 Å². The van der Waals surface area contributed by atoms with E-state index in [1.54, 1.807) is 24.0 Å². The predicted octanol–water partition coefficient (Wildman–Crippen LogP) is 4.76. The van der Waals surface area contributed by atoms with Gasteiger partial charge in [0.25, 0.3) is 0 Å². The number of nitrogens with one attached hydrogen (secondary N) is 1. The predicted molar refractivity (Wildman–Crippen MR) is 116 cm³/mol. The van der Waals surface area contributed by atoms with Crippen molar-refractivity contribution in [1.82, 2.24) is 10.3 Å². The number of nitrogens with zero attached hydrogens (tertiary/aromatic N) is 2. The van der Waals surface area contributed by atoms with E-state index < -0.39 is 24.3 Å². The number of hydrogen-bond acceptors (Lipinski definition) is 6. The van der Waals surface area contributed by atoms with Crippen LogP contribution in [0.5, 0.6) is 5.88 Å². The molecule has 0 fully saturated rings. The van der Waals surface area contributed by atoms with Crippen molar-refractivity contribution < 1.29 is 23.8 Å². The SMILES string of the molecule is CCOC(=O)N1c2ccc(OC)nc2[C@H](NC(=O)O[C@@H](C)c2ccccc2)C[C@@H]1CC. The fourth-order valence-corrected chi connectivity index (χ4v) is 3.75. The number of fused-ring (bicyclic) bond motifs is 1. The lowest BCUT2D eigenvalue weighted by Crippen LogP contribution is -2.48. The number of ether oxygens (including phenoxy) is 3. The first-order chi connectivity index (χ1) is 15.0. The molecule has 0 bridgehead atoms. The first-order valence-corrected chi connectivity index (χ1v) is 10.5. The van der Waals surface area contributed by atoms with Gasteiger partial charge in [0.05, 0.1) is 31.1 Å². The molecular formula is C23H29N3O5. The smallest absolute Gasteiger partial charge is 0.414 e. The van der Waals surface area contributed by atoms with E-state index >= 15 is 0 Å². The lowest BCUT2D eigenvalue weighted by atomic mass is 9.93. The second-order valence-corrected chi connectivity index (χ2v) is 7.28. The molecule has 166 valence electrons. The summed E-state index contributed by atoms with van der Waals surface area (Å²) in [6.45, 7) is 5.86. The summed E-state index contributed by atoms with van der Waals surface area (Å²) in [6, 6.07) is 12.4. The van der Waals surface area contributed by atoms with E-state index in [4.69, 9.17) is 14.2 Å². The number of carbonyl (C=O) groups excluding carboxylic acids is 2. The summed E-state index contributed by atoms with van der Waals surface area (Å²) in [6.07, 6.45) is -0.201. The Kier molecular flexibility index (Phi) is 7.33. The van der Waals surface area contributed by atoms with Crippen molar-refractivity contribution in [2.75, 3.05) is 18.6 Å². The number of benzene rings is 1. The molecule has 0 spiro atoms. The van der Waals surface area contributed by atoms with Gasteiger partial charge in [0, 0.05) is 12.1 Å². The van der Waals surface area contributed by atoms with Crippen LogP contribution in [0.3, 0.4) is 0 Å². The number of rotatable bonds is 6.